The molecule has 0 aliphatic carbocycles. The molecule has 0 saturated carbocycles. The SMILES string of the molecule is Cc1nc2c(cnn2C(C)C)cc1C(=O)N1CCCC(CN(C)C(=O)OC(C)(C)C)C1. The number of carbonyl (C=O) groups is 2. The van der Waals surface area contributed by atoms with E-state index in [1.165, 1.54) is 0 Å². The second-order valence-corrected chi connectivity index (χ2v) is 9.84. The average Bonchev–Trinajstić information content (AvgIpc) is 3.08. The van der Waals surface area contributed by atoms with Crippen molar-refractivity contribution >= 4 is 23.0 Å². The molecule has 1 atom stereocenters. The van der Waals surface area contributed by atoms with Crippen molar-refractivity contribution in [3.05, 3.63) is 23.5 Å². The molecular formula is C23H35N5O3. The maximum Gasteiger partial charge on any atom is 0.410 e. The first kappa shape index (κ1) is 23.0. The van der Waals surface area contributed by atoms with Crippen LogP contribution in [0, 0.1) is 12.8 Å². The molecule has 1 unspecified atom stereocenters. The lowest BCUT2D eigenvalue weighted by molar-refractivity contribution is 0.0244. The maximum absolute atomic E-state index is 13.3. The van der Waals surface area contributed by atoms with Gasteiger partial charge < -0.3 is 14.5 Å². The highest BCUT2D eigenvalue weighted by molar-refractivity contribution is 5.98. The molecule has 3 rings (SSSR count). The van der Waals surface area contributed by atoms with Crippen LogP contribution in [-0.2, 0) is 4.74 Å². The second kappa shape index (κ2) is 8.85. The molecule has 8 nitrogen and oxygen atoms in total. The van der Waals surface area contributed by atoms with Crippen LogP contribution in [-0.4, -0.2) is 68.8 Å². The molecule has 1 saturated heterocycles. The predicted molar refractivity (Wildman–Crippen MR) is 120 cm³/mol. The molecule has 1 aliphatic rings. The fraction of sp³-hybridized carbons (Fsp3) is 0.652. The summed E-state index contributed by atoms with van der Waals surface area (Å²) in [7, 11) is 1.75. The third-order valence-corrected chi connectivity index (χ3v) is 5.52. The van der Waals surface area contributed by atoms with Gasteiger partial charge in [0.15, 0.2) is 5.65 Å². The summed E-state index contributed by atoms with van der Waals surface area (Å²) in [5.41, 5.74) is 1.62. The maximum atomic E-state index is 13.3. The number of pyridine rings is 1. The van der Waals surface area contributed by atoms with E-state index in [1.54, 1.807) is 18.1 Å². The molecule has 0 N–H and O–H groups in total. The Labute approximate surface area is 184 Å². The van der Waals surface area contributed by atoms with Gasteiger partial charge in [-0.15, -0.1) is 0 Å². The van der Waals surface area contributed by atoms with E-state index in [9.17, 15) is 9.59 Å². The van der Waals surface area contributed by atoms with Crippen LogP contribution < -0.4 is 0 Å². The highest BCUT2D eigenvalue weighted by atomic mass is 16.6. The molecule has 0 bridgehead atoms. The van der Waals surface area contributed by atoms with Crippen LogP contribution in [0.3, 0.4) is 0 Å². The highest BCUT2D eigenvalue weighted by Crippen LogP contribution is 2.24. The zero-order valence-electron chi connectivity index (χ0n) is 19.8. The zero-order chi connectivity index (χ0) is 22.9. The Hall–Kier alpha value is -2.64. The van der Waals surface area contributed by atoms with Gasteiger partial charge in [-0.1, -0.05) is 0 Å². The first-order valence-electron chi connectivity index (χ1n) is 11.0. The number of aromatic nitrogens is 3. The van der Waals surface area contributed by atoms with Crippen LogP contribution in [0.5, 0.6) is 0 Å². The van der Waals surface area contributed by atoms with Crippen molar-refractivity contribution < 1.29 is 14.3 Å². The van der Waals surface area contributed by atoms with Crippen molar-refractivity contribution in [2.45, 2.75) is 66.0 Å². The summed E-state index contributed by atoms with van der Waals surface area (Å²) in [5, 5.41) is 5.29. The molecule has 31 heavy (non-hydrogen) atoms. The number of likely N-dealkylation sites (tertiary alicyclic amines) is 1. The minimum absolute atomic E-state index is 0.00572. The topological polar surface area (TPSA) is 80.6 Å². The summed E-state index contributed by atoms with van der Waals surface area (Å²) in [5.74, 6) is 0.213. The van der Waals surface area contributed by atoms with Crippen molar-refractivity contribution in [3.8, 4) is 0 Å². The van der Waals surface area contributed by atoms with Crippen molar-refractivity contribution in [1.29, 1.82) is 0 Å². The van der Waals surface area contributed by atoms with E-state index in [0.717, 1.165) is 23.9 Å². The number of nitrogens with zero attached hydrogens (tertiary/aromatic N) is 5. The molecule has 8 heteroatoms. The van der Waals surface area contributed by atoms with E-state index in [4.69, 9.17) is 4.74 Å². The van der Waals surface area contributed by atoms with E-state index in [0.29, 0.717) is 30.9 Å². The van der Waals surface area contributed by atoms with Gasteiger partial charge in [-0.25, -0.2) is 14.5 Å². The first-order valence-corrected chi connectivity index (χ1v) is 11.0. The molecule has 0 radical (unpaired) electrons. The normalized spacial score (nSPS) is 17.3. The molecule has 170 valence electrons. The Morgan fingerprint density at radius 1 is 1.32 bits per heavy atom. The van der Waals surface area contributed by atoms with Gasteiger partial charge in [-0.2, -0.15) is 5.10 Å². The summed E-state index contributed by atoms with van der Waals surface area (Å²) >= 11 is 0. The molecule has 1 aliphatic heterocycles. The van der Waals surface area contributed by atoms with E-state index in [2.05, 4.69) is 23.9 Å². The van der Waals surface area contributed by atoms with Gasteiger partial charge in [0.1, 0.15) is 5.60 Å². The van der Waals surface area contributed by atoms with Crippen LogP contribution in [0.4, 0.5) is 4.79 Å². The molecule has 2 aromatic rings. The van der Waals surface area contributed by atoms with Gasteiger partial charge in [-0.05, 0) is 66.4 Å². The van der Waals surface area contributed by atoms with Crippen LogP contribution in [0.2, 0.25) is 0 Å². The smallest absolute Gasteiger partial charge is 0.410 e. The summed E-state index contributed by atoms with van der Waals surface area (Å²) < 4.78 is 7.33. The summed E-state index contributed by atoms with van der Waals surface area (Å²) in [6.07, 6.45) is 3.34. The number of hydrogen-bond donors (Lipinski definition) is 0. The van der Waals surface area contributed by atoms with Crippen LogP contribution in [0.1, 0.15) is 69.6 Å². The lowest BCUT2D eigenvalue weighted by atomic mass is 9.96. The number of amides is 2. The monoisotopic (exact) mass is 429 g/mol. The number of carbonyl (C=O) groups excluding carboxylic acids is 2. The Kier molecular flexibility index (Phi) is 6.57. The first-order chi connectivity index (χ1) is 14.5. The second-order valence-electron chi connectivity index (χ2n) is 9.84. The lowest BCUT2D eigenvalue weighted by Gasteiger charge is -2.35. The van der Waals surface area contributed by atoms with Crippen LogP contribution in [0.25, 0.3) is 11.0 Å². The minimum Gasteiger partial charge on any atom is -0.444 e. The lowest BCUT2D eigenvalue weighted by Crippen LogP contribution is -2.45. The molecule has 2 aromatic heterocycles. The highest BCUT2D eigenvalue weighted by Gasteiger charge is 2.29. The molecule has 2 amide bonds. The van der Waals surface area contributed by atoms with Gasteiger partial charge >= 0.3 is 6.09 Å². The Balaban J connectivity index is 1.71. The van der Waals surface area contributed by atoms with E-state index in [1.807, 2.05) is 43.3 Å². The average molecular weight is 430 g/mol. The minimum atomic E-state index is -0.521. The van der Waals surface area contributed by atoms with Crippen molar-refractivity contribution in [2.75, 3.05) is 26.7 Å². The number of fused-ring (bicyclic) bond motifs is 1. The predicted octanol–water partition coefficient (Wildman–Crippen LogP) is 4.04. The standard InChI is InChI=1S/C23H35N5O3/c1-15(2)28-20-18(12-24-28)11-19(16(3)25-20)21(29)27-10-8-9-17(14-27)13-26(7)22(30)31-23(4,5)6/h11-12,15,17H,8-10,13-14H2,1-7H3. The molecule has 0 spiro atoms. The molecular weight excluding hydrogens is 394 g/mol. The van der Waals surface area contributed by atoms with E-state index in [-0.39, 0.29) is 24.0 Å². The zero-order valence-corrected chi connectivity index (χ0v) is 19.8. The number of ether oxygens (including phenoxy) is 1. The van der Waals surface area contributed by atoms with E-state index < -0.39 is 5.60 Å². The molecule has 3 heterocycles. The number of aryl methyl sites for hydroxylation is 1. The Morgan fingerprint density at radius 2 is 2.03 bits per heavy atom. The third-order valence-electron chi connectivity index (χ3n) is 5.52. The van der Waals surface area contributed by atoms with Crippen LogP contribution >= 0.6 is 0 Å². The van der Waals surface area contributed by atoms with Crippen molar-refractivity contribution in [1.82, 2.24) is 24.6 Å². The third kappa shape index (κ3) is 5.35. The van der Waals surface area contributed by atoms with Gasteiger partial charge in [-0.3, -0.25) is 4.79 Å². The largest absolute Gasteiger partial charge is 0.444 e. The van der Waals surface area contributed by atoms with Crippen molar-refractivity contribution in [3.63, 3.8) is 0 Å². The fourth-order valence-corrected chi connectivity index (χ4v) is 4.03. The number of piperidine rings is 1. The van der Waals surface area contributed by atoms with Gasteiger partial charge in [0.2, 0.25) is 0 Å². The summed E-state index contributed by atoms with van der Waals surface area (Å²) in [6, 6.07) is 2.11. The van der Waals surface area contributed by atoms with Crippen LogP contribution in [0.15, 0.2) is 12.3 Å². The summed E-state index contributed by atoms with van der Waals surface area (Å²) in [4.78, 5) is 33.8. The molecule has 0 aromatic carbocycles. The quantitative estimate of drug-likeness (QED) is 0.733. The molecule has 1 fully saturated rings. The van der Waals surface area contributed by atoms with E-state index >= 15 is 0 Å². The Bertz CT molecular complexity index is 960. The van der Waals surface area contributed by atoms with Gasteiger partial charge in [0, 0.05) is 38.1 Å². The summed E-state index contributed by atoms with van der Waals surface area (Å²) in [6.45, 7) is 13.5. The van der Waals surface area contributed by atoms with Gasteiger partial charge in [0.05, 0.1) is 17.5 Å². The fourth-order valence-electron chi connectivity index (χ4n) is 4.03. The van der Waals surface area contributed by atoms with Crippen molar-refractivity contribution in [2.24, 2.45) is 5.92 Å². The van der Waals surface area contributed by atoms with Gasteiger partial charge in [0.25, 0.3) is 5.91 Å². The Morgan fingerprint density at radius 3 is 2.68 bits per heavy atom. The number of hydrogen-bond acceptors (Lipinski definition) is 5. The number of rotatable bonds is 4.